The van der Waals surface area contributed by atoms with Crippen LogP contribution in [0.2, 0.25) is 0 Å². The van der Waals surface area contributed by atoms with Crippen LogP contribution in [0.1, 0.15) is 5.56 Å². The lowest BCUT2D eigenvalue weighted by Crippen LogP contribution is -1.96. The largest absolute Gasteiger partial charge is 0.278 e. The Balaban J connectivity index is 1.83. The summed E-state index contributed by atoms with van der Waals surface area (Å²) in [7, 11) is 0. The second kappa shape index (κ2) is 8.24. The Hall–Kier alpha value is -3.22. The molecule has 0 aliphatic heterocycles. The van der Waals surface area contributed by atoms with Crippen molar-refractivity contribution in [2.24, 2.45) is 5.10 Å². The number of benzene rings is 2. The van der Waals surface area contributed by atoms with Crippen LogP contribution in [0.15, 0.2) is 63.9 Å². The number of hydrogen-bond donors (Lipinski definition) is 1. The first kappa shape index (κ1) is 17.6. The molecule has 0 aliphatic rings. The number of rotatable bonds is 6. The summed E-state index contributed by atoms with van der Waals surface area (Å²) in [5.41, 5.74) is 4.74. The lowest BCUT2D eigenvalue weighted by Gasteiger charge is -1.97. The number of nitro groups is 1. The van der Waals surface area contributed by atoms with Gasteiger partial charge < -0.3 is 0 Å². The quantitative estimate of drug-likeness (QED) is 0.217. The second-order valence-corrected chi connectivity index (χ2v) is 6.95. The first-order valence-corrected chi connectivity index (χ1v) is 8.97. The summed E-state index contributed by atoms with van der Waals surface area (Å²) < 4.78 is 0.752. The van der Waals surface area contributed by atoms with Crippen LogP contribution in [0.3, 0.4) is 0 Å². The first-order valence-electron chi connectivity index (χ1n) is 7.33. The molecule has 0 atom stereocenters. The lowest BCUT2D eigenvalue weighted by atomic mass is 10.2. The molecule has 0 amide bonds. The maximum atomic E-state index is 11.0. The molecule has 0 radical (unpaired) electrons. The van der Waals surface area contributed by atoms with E-state index in [0.29, 0.717) is 16.4 Å². The van der Waals surface area contributed by atoms with E-state index in [4.69, 9.17) is 5.26 Å². The maximum absolute atomic E-state index is 11.0. The summed E-state index contributed by atoms with van der Waals surface area (Å²) >= 11 is 2.33. The van der Waals surface area contributed by atoms with Gasteiger partial charge in [-0.25, -0.2) is 4.98 Å². The summed E-state index contributed by atoms with van der Waals surface area (Å²) in [6, 6.07) is 15.9. The molecule has 0 bridgehead atoms. The average molecular weight is 381 g/mol. The van der Waals surface area contributed by atoms with E-state index in [0.717, 1.165) is 21.5 Å². The van der Waals surface area contributed by atoms with E-state index in [2.05, 4.69) is 20.9 Å². The molecule has 0 aliphatic carbocycles. The van der Waals surface area contributed by atoms with E-state index >= 15 is 0 Å². The van der Waals surface area contributed by atoms with Gasteiger partial charge in [0.1, 0.15) is 9.61 Å². The van der Waals surface area contributed by atoms with Gasteiger partial charge in [0, 0.05) is 23.4 Å². The molecule has 3 aromatic rings. The predicted molar refractivity (Wildman–Crippen MR) is 103 cm³/mol. The third kappa shape index (κ3) is 4.05. The van der Waals surface area contributed by atoms with Crippen molar-refractivity contribution in [1.82, 2.24) is 4.98 Å². The Morgan fingerprint density at radius 3 is 2.69 bits per heavy atom. The zero-order chi connectivity index (χ0) is 18.4. The van der Waals surface area contributed by atoms with Crippen LogP contribution in [0.4, 0.5) is 10.8 Å². The Morgan fingerprint density at radius 2 is 1.96 bits per heavy atom. The van der Waals surface area contributed by atoms with Crippen molar-refractivity contribution in [3.63, 3.8) is 0 Å². The SMILES string of the molecule is N#CSc1sc(NN=Cc2ccccc2[N+](=O)[O-])nc1-c1ccccc1. The van der Waals surface area contributed by atoms with Gasteiger partial charge in [-0.2, -0.15) is 10.4 Å². The molecule has 0 unspecified atom stereocenters. The molecule has 3 rings (SSSR count). The zero-order valence-corrected chi connectivity index (χ0v) is 14.8. The molecule has 26 heavy (non-hydrogen) atoms. The highest BCUT2D eigenvalue weighted by molar-refractivity contribution is 8.05. The number of thioether (sulfide) groups is 1. The predicted octanol–water partition coefficient (Wildman–Crippen LogP) is 4.74. The Morgan fingerprint density at radius 1 is 1.23 bits per heavy atom. The second-order valence-electron chi connectivity index (χ2n) is 4.90. The van der Waals surface area contributed by atoms with Crippen molar-refractivity contribution in [3.8, 4) is 16.7 Å². The molecule has 0 fully saturated rings. The summed E-state index contributed by atoms with van der Waals surface area (Å²) in [6.07, 6.45) is 1.37. The van der Waals surface area contributed by atoms with Gasteiger partial charge in [0.25, 0.3) is 5.69 Å². The minimum absolute atomic E-state index is 0.0251. The maximum Gasteiger partial charge on any atom is 0.278 e. The van der Waals surface area contributed by atoms with Crippen molar-refractivity contribution in [3.05, 3.63) is 70.3 Å². The third-order valence-electron chi connectivity index (χ3n) is 3.28. The Labute approximate surface area is 157 Å². The molecule has 1 aromatic heterocycles. The Bertz CT molecular complexity index is 996. The molecule has 0 spiro atoms. The highest BCUT2D eigenvalue weighted by Gasteiger charge is 2.14. The molecule has 1 heterocycles. The molecular weight excluding hydrogens is 370 g/mol. The fourth-order valence-electron chi connectivity index (χ4n) is 2.16. The van der Waals surface area contributed by atoms with Crippen LogP contribution in [-0.2, 0) is 0 Å². The van der Waals surface area contributed by atoms with Crippen LogP contribution in [0.5, 0.6) is 0 Å². The number of thiocyanates is 1. The Kier molecular flexibility index (Phi) is 5.58. The normalized spacial score (nSPS) is 10.6. The number of hydrazone groups is 1. The standard InChI is InChI=1S/C17H11N5O2S2/c18-11-25-16-15(12-6-2-1-3-7-12)20-17(26-16)21-19-10-13-8-4-5-9-14(13)22(23)24/h1-10H,(H,20,21). The molecule has 0 saturated carbocycles. The summed E-state index contributed by atoms with van der Waals surface area (Å²) in [6.45, 7) is 0. The van der Waals surface area contributed by atoms with Gasteiger partial charge in [0.2, 0.25) is 5.13 Å². The number of hydrogen-bond acceptors (Lipinski definition) is 8. The molecule has 7 nitrogen and oxygen atoms in total. The molecule has 0 saturated heterocycles. The van der Waals surface area contributed by atoms with E-state index in [-0.39, 0.29) is 5.69 Å². The number of nitrogens with zero attached hydrogens (tertiary/aromatic N) is 4. The number of aromatic nitrogens is 1. The van der Waals surface area contributed by atoms with Gasteiger partial charge in [-0.3, -0.25) is 15.5 Å². The number of thiazole rings is 1. The van der Waals surface area contributed by atoms with Gasteiger partial charge in [-0.15, -0.1) is 0 Å². The number of nitriles is 1. The molecular formula is C17H11N5O2S2. The zero-order valence-electron chi connectivity index (χ0n) is 13.2. The number of anilines is 1. The minimum atomic E-state index is -0.458. The molecule has 9 heteroatoms. The summed E-state index contributed by atoms with van der Waals surface area (Å²) in [5, 5.41) is 26.6. The molecule has 2 aromatic carbocycles. The van der Waals surface area contributed by atoms with Crippen LogP contribution >= 0.6 is 23.1 Å². The van der Waals surface area contributed by atoms with Crippen molar-refractivity contribution in [1.29, 1.82) is 5.26 Å². The highest BCUT2D eigenvalue weighted by atomic mass is 32.2. The first-order chi connectivity index (χ1) is 12.7. The van der Waals surface area contributed by atoms with E-state index in [9.17, 15) is 10.1 Å². The van der Waals surface area contributed by atoms with Gasteiger partial charge in [-0.1, -0.05) is 53.8 Å². The topological polar surface area (TPSA) is 104 Å². The fraction of sp³-hybridized carbons (Fsp3) is 0. The van der Waals surface area contributed by atoms with Crippen molar-refractivity contribution in [2.45, 2.75) is 4.21 Å². The number of nitro benzene ring substituents is 1. The minimum Gasteiger partial charge on any atom is -0.258 e. The van der Waals surface area contributed by atoms with Crippen LogP contribution in [0, 0.1) is 20.8 Å². The van der Waals surface area contributed by atoms with Crippen molar-refractivity contribution in [2.75, 3.05) is 5.43 Å². The summed E-state index contributed by atoms with van der Waals surface area (Å²) in [4.78, 5) is 15.0. The van der Waals surface area contributed by atoms with Crippen molar-refractivity contribution >= 4 is 40.1 Å². The molecule has 128 valence electrons. The van der Waals surface area contributed by atoms with Gasteiger partial charge in [-0.05, 0) is 6.07 Å². The fourth-order valence-corrected chi connectivity index (χ4v) is 3.69. The van der Waals surface area contributed by atoms with Gasteiger partial charge in [0.05, 0.1) is 22.4 Å². The van der Waals surface area contributed by atoms with Crippen LogP contribution in [-0.4, -0.2) is 16.1 Å². The van der Waals surface area contributed by atoms with E-state index < -0.39 is 4.92 Å². The smallest absolute Gasteiger partial charge is 0.258 e. The third-order valence-corrected chi connectivity index (χ3v) is 5.00. The molecule has 1 N–H and O–H groups in total. The number of nitrogens with one attached hydrogen (secondary N) is 1. The lowest BCUT2D eigenvalue weighted by molar-refractivity contribution is -0.385. The van der Waals surface area contributed by atoms with Crippen LogP contribution < -0.4 is 5.43 Å². The van der Waals surface area contributed by atoms with Crippen LogP contribution in [0.25, 0.3) is 11.3 Å². The number of para-hydroxylation sites is 1. The summed E-state index contributed by atoms with van der Waals surface area (Å²) in [5.74, 6) is 0. The highest BCUT2D eigenvalue weighted by Crippen LogP contribution is 2.38. The van der Waals surface area contributed by atoms with E-state index in [1.165, 1.54) is 23.6 Å². The van der Waals surface area contributed by atoms with Crippen molar-refractivity contribution < 1.29 is 4.92 Å². The van der Waals surface area contributed by atoms with Gasteiger partial charge in [0.15, 0.2) is 0 Å². The average Bonchev–Trinajstić information content (AvgIpc) is 3.06. The monoisotopic (exact) mass is 381 g/mol. The van der Waals surface area contributed by atoms with E-state index in [1.807, 2.05) is 30.3 Å². The van der Waals surface area contributed by atoms with Gasteiger partial charge >= 0.3 is 0 Å². The van der Waals surface area contributed by atoms with E-state index in [1.54, 1.807) is 18.2 Å².